The van der Waals surface area contributed by atoms with E-state index in [0.717, 1.165) is 11.1 Å². The van der Waals surface area contributed by atoms with Gasteiger partial charge in [0.15, 0.2) is 0 Å². The van der Waals surface area contributed by atoms with Crippen LogP contribution in [0.2, 0.25) is 0 Å². The van der Waals surface area contributed by atoms with Crippen LogP contribution in [0.4, 0.5) is 0 Å². The van der Waals surface area contributed by atoms with E-state index < -0.39 is 0 Å². The lowest BCUT2D eigenvalue weighted by Gasteiger charge is -2.29. The van der Waals surface area contributed by atoms with Crippen molar-refractivity contribution < 1.29 is 5.48 Å². The Bertz CT molecular complexity index is 431. The third kappa shape index (κ3) is 2.37. The fourth-order valence-corrected chi connectivity index (χ4v) is 1.44. The molecule has 1 rings (SSSR count). The van der Waals surface area contributed by atoms with Gasteiger partial charge in [0.2, 0.25) is 0 Å². The molecule has 78 valence electrons. The summed E-state index contributed by atoms with van der Waals surface area (Å²) in [6.07, 6.45) is 0. The highest BCUT2D eigenvalue weighted by Gasteiger charge is 2.23. The molecule has 0 aliphatic carbocycles. The van der Waals surface area contributed by atoms with Gasteiger partial charge < -0.3 is 0 Å². The van der Waals surface area contributed by atoms with Crippen LogP contribution in [0.5, 0.6) is 0 Å². The van der Waals surface area contributed by atoms with E-state index in [1.165, 1.54) is 0 Å². The van der Waals surface area contributed by atoms with E-state index in [-0.39, 0.29) is 35.0 Å². The summed E-state index contributed by atoms with van der Waals surface area (Å²) in [5.41, 5.74) is 0.833. The Morgan fingerprint density at radius 1 is 0.786 bits per heavy atom. The summed E-state index contributed by atoms with van der Waals surface area (Å²) >= 11 is 0. The molecular weight excluding hydrogens is 168 g/mol. The van der Waals surface area contributed by atoms with Gasteiger partial charge in [-0.1, -0.05) is 65.7 Å². The predicted octanol–water partition coefficient (Wildman–Crippen LogP) is 4.28. The van der Waals surface area contributed by atoms with Crippen molar-refractivity contribution in [1.82, 2.24) is 0 Å². The number of hydrogen-bond donors (Lipinski definition) is 0. The molecule has 0 radical (unpaired) electrons. The molecule has 0 atom stereocenters. The van der Waals surface area contributed by atoms with E-state index in [4.69, 9.17) is 5.48 Å². The summed E-state index contributed by atoms with van der Waals surface area (Å²) in [6.45, 7) is 11.9. The second-order valence-corrected chi connectivity index (χ2v) is 5.75. The van der Waals surface area contributed by atoms with Gasteiger partial charge in [-0.25, -0.2) is 0 Å². The van der Waals surface area contributed by atoms with Crippen LogP contribution in [0.15, 0.2) is 24.2 Å². The molecule has 0 saturated carbocycles. The monoisotopic (exact) mass is 194 g/mol. The summed E-state index contributed by atoms with van der Waals surface area (Å²) in [7, 11) is 0. The van der Waals surface area contributed by atoms with Gasteiger partial charge in [0, 0.05) is 0 Å². The maximum absolute atomic E-state index is 8.12. The minimum absolute atomic E-state index is 0.0911. The highest BCUT2D eigenvalue weighted by atomic mass is 14.3. The fraction of sp³-hybridized carbons (Fsp3) is 0.571. The summed E-state index contributed by atoms with van der Waals surface area (Å²) in [6, 6.07) is -0.0994. The molecule has 14 heavy (non-hydrogen) atoms. The van der Waals surface area contributed by atoms with Crippen molar-refractivity contribution in [2.75, 3.05) is 0 Å². The molecule has 0 heterocycles. The summed E-state index contributed by atoms with van der Waals surface area (Å²) in [4.78, 5) is 0. The van der Waals surface area contributed by atoms with Gasteiger partial charge in [-0.05, 0) is 22.0 Å². The molecule has 0 bridgehead atoms. The maximum atomic E-state index is 8.12. The van der Waals surface area contributed by atoms with Gasteiger partial charge in [-0.3, -0.25) is 0 Å². The van der Waals surface area contributed by atoms with Crippen molar-refractivity contribution in [1.29, 1.82) is 0 Å². The summed E-state index contributed by atoms with van der Waals surface area (Å²) in [5, 5.41) is 0. The third-order valence-corrected chi connectivity index (χ3v) is 2.19. The zero-order chi connectivity index (χ0) is 14.5. The van der Waals surface area contributed by atoms with E-state index in [9.17, 15) is 0 Å². The molecule has 0 aliphatic rings. The number of rotatable bonds is 0. The van der Waals surface area contributed by atoms with Crippen LogP contribution in [0.1, 0.15) is 58.2 Å². The summed E-state index contributed by atoms with van der Waals surface area (Å²) < 4.78 is 31.9. The Morgan fingerprint density at radius 3 is 1.29 bits per heavy atom. The van der Waals surface area contributed by atoms with Crippen LogP contribution in [-0.2, 0) is 10.8 Å². The molecule has 0 aromatic heterocycles. The van der Waals surface area contributed by atoms with Crippen molar-refractivity contribution in [2.45, 2.75) is 52.4 Å². The maximum Gasteiger partial charge on any atom is 0.0626 e. The van der Waals surface area contributed by atoms with Crippen LogP contribution in [0.3, 0.4) is 0 Å². The largest absolute Gasteiger partial charge is 0.0626 e. The van der Waals surface area contributed by atoms with Crippen LogP contribution in [0.25, 0.3) is 0 Å². The molecule has 1 aromatic rings. The molecule has 0 N–H and O–H groups in total. The second-order valence-electron chi connectivity index (χ2n) is 5.75. The van der Waals surface area contributed by atoms with Gasteiger partial charge >= 0.3 is 0 Å². The Hall–Kier alpha value is -0.780. The minimum atomic E-state index is -0.307. The summed E-state index contributed by atoms with van der Waals surface area (Å²) in [5.74, 6) is 0. The minimum Gasteiger partial charge on any atom is -0.0620 e. The standard InChI is InChI=1S/C14H22/c1-13(2,3)11-9-7-8-10-12(11)14(4,5)6/h7-10H,1-6H3/i7D,8D,9D,10D. The van der Waals surface area contributed by atoms with E-state index in [1.54, 1.807) is 0 Å². The molecule has 0 unspecified atom stereocenters. The van der Waals surface area contributed by atoms with E-state index in [0.29, 0.717) is 0 Å². The highest BCUT2D eigenvalue weighted by Crippen LogP contribution is 2.33. The second kappa shape index (κ2) is 3.42. The zero-order valence-corrected chi connectivity index (χ0v) is 10.0. The fourth-order valence-electron chi connectivity index (χ4n) is 1.44. The lowest BCUT2D eigenvalue weighted by molar-refractivity contribution is 0.530. The van der Waals surface area contributed by atoms with Gasteiger partial charge in [0.25, 0.3) is 0 Å². The first-order valence-corrected chi connectivity index (χ1v) is 5.00. The van der Waals surface area contributed by atoms with Crippen LogP contribution >= 0.6 is 0 Å². The quantitative estimate of drug-likeness (QED) is 0.578. The third-order valence-electron chi connectivity index (χ3n) is 2.19. The van der Waals surface area contributed by atoms with Gasteiger partial charge in [-0.2, -0.15) is 0 Å². The Balaban J connectivity index is 3.89. The molecule has 0 amide bonds. The van der Waals surface area contributed by atoms with Crippen molar-refractivity contribution in [2.24, 2.45) is 0 Å². The SMILES string of the molecule is [2H]c1c([2H])c([2H])c(C(C)(C)C)c(C(C)(C)C)c1[2H]. The molecule has 1 aromatic carbocycles. The van der Waals surface area contributed by atoms with E-state index in [2.05, 4.69) is 0 Å². The molecule has 0 spiro atoms. The highest BCUT2D eigenvalue weighted by molar-refractivity contribution is 5.37. The molecule has 0 fully saturated rings. The van der Waals surface area contributed by atoms with Crippen molar-refractivity contribution >= 4 is 0 Å². The topological polar surface area (TPSA) is 0 Å². The Morgan fingerprint density at radius 2 is 1.07 bits per heavy atom. The van der Waals surface area contributed by atoms with Crippen molar-refractivity contribution in [3.8, 4) is 0 Å². The Labute approximate surface area is 94.0 Å². The zero-order valence-electron chi connectivity index (χ0n) is 14.0. The number of hydrogen-bond acceptors (Lipinski definition) is 0. The molecule has 0 heteroatoms. The van der Waals surface area contributed by atoms with E-state index in [1.807, 2.05) is 41.5 Å². The normalized spacial score (nSPS) is 17.0. The predicted molar refractivity (Wildman–Crippen MR) is 63.8 cm³/mol. The smallest absolute Gasteiger partial charge is 0.0620 e. The lowest BCUT2D eigenvalue weighted by Crippen LogP contribution is -2.21. The molecule has 0 nitrogen and oxygen atoms in total. The van der Waals surface area contributed by atoms with Crippen molar-refractivity contribution in [3.05, 3.63) is 35.3 Å². The number of benzene rings is 1. The Kier molecular flexibility index (Phi) is 1.62. The van der Waals surface area contributed by atoms with E-state index >= 15 is 0 Å². The average Bonchev–Trinajstić information content (AvgIpc) is 2.16. The van der Waals surface area contributed by atoms with Crippen molar-refractivity contribution in [3.63, 3.8) is 0 Å². The van der Waals surface area contributed by atoms with Gasteiger partial charge in [-0.15, -0.1) is 0 Å². The first-order chi connectivity index (χ1) is 7.89. The van der Waals surface area contributed by atoms with Crippen LogP contribution < -0.4 is 0 Å². The average molecular weight is 194 g/mol. The molecule has 0 aliphatic heterocycles. The lowest BCUT2D eigenvalue weighted by atomic mass is 9.75. The van der Waals surface area contributed by atoms with Crippen LogP contribution in [0, 0.1) is 0 Å². The first kappa shape index (κ1) is 6.66. The molecular formula is C14H22. The first-order valence-electron chi connectivity index (χ1n) is 7.00. The van der Waals surface area contributed by atoms with Gasteiger partial charge in [0.05, 0.1) is 5.48 Å². The molecule has 0 saturated heterocycles. The van der Waals surface area contributed by atoms with Gasteiger partial charge in [0.1, 0.15) is 0 Å². The van der Waals surface area contributed by atoms with Crippen LogP contribution in [-0.4, -0.2) is 0 Å².